The van der Waals surface area contributed by atoms with Crippen molar-refractivity contribution in [3.05, 3.63) is 48.6 Å². The molecule has 30 heavy (non-hydrogen) atoms. The van der Waals surface area contributed by atoms with Gasteiger partial charge in [-0.2, -0.15) is 5.10 Å². The molecule has 0 atom stereocenters. The number of aryl methyl sites for hydroxylation is 1. The molecule has 5 rings (SSSR count). The Kier molecular flexibility index (Phi) is 4.56. The van der Waals surface area contributed by atoms with Crippen molar-refractivity contribution in [3.8, 4) is 11.1 Å². The monoisotopic (exact) mass is 404 g/mol. The van der Waals surface area contributed by atoms with Crippen molar-refractivity contribution in [2.45, 2.75) is 50.6 Å². The summed E-state index contributed by atoms with van der Waals surface area (Å²) < 4.78 is 3.94. The smallest absolute Gasteiger partial charge is 0.233 e. The molecular formula is C22H28N8. The fraction of sp³-hybridized carbons (Fsp3) is 0.455. The Labute approximate surface area is 175 Å². The maximum Gasteiger partial charge on any atom is 0.233 e. The molecule has 4 heterocycles. The predicted molar refractivity (Wildman–Crippen MR) is 116 cm³/mol. The maximum atomic E-state index is 6.76. The fourth-order valence-corrected chi connectivity index (χ4v) is 4.55. The zero-order chi connectivity index (χ0) is 20.9. The summed E-state index contributed by atoms with van der Waals surface area (Å²) in [6.07, 6.45) is 14.5. The van der Waals surface area contributed by atoms with E-state index in [9.17, 15) is 0 Å². The summed E-state index contributed by atoms with van der Waals surface area (Å²) in [6.45, 7) is 2.12. The quantitative estimate of drug-likeness (QED) is 0.562. The van der Waals surface area contributed by atoms with Crippen LogP contribution in [0.5, 0.6) is 0 Å². The van der Waals surface area contributed by atoms with Crippen LogP contribution in [0.15, 0.2) is 37.1 Å². The van der Waals surface area contributed by atoms with Gasteiger partial charge in [-0.15, -0.1) is 0 Å². The van der Waals surface area contributed by atoms with Crippen LogP contribution < -0.4 is 5.73 Å². The van der Waals surface area contributed by atoms with Crippen molar-refractivity contribution in [2.24, 2.45) is 5.73 Å². The van der Waals surface area contributed by atoms with Gasteiger partial charge >= 0.3 is 0 Å². The van der Waals surface area contributed by atoms with Crippen LogP contribution >= 0.6 is 0 Å². The fourth-order valence-electron chi connectivity index (χ4n) is 4.55. The molecule has 0 unspecified atom stereocenters. The van der Waals surface area contributed by atoms with E-state index in [0.29, 0.717) is 6.04 Å². The second-order valence-corrected chi connectivity index (χ2v) is 8.61. The first-order chi connectivity index (χ1) is 14.5. The molecule has 0 saturated heterocycles. The summed E-state index contributed by atoms with van der Waals surface area (Å²) in [5, 5.41) is 4.80. The molecule has 1 fully saturated rings. The summed E-state index contributed by atoms with van der Waals surface area (Å²) in [5.74, 6) is 1.45. The molecule has 1 saturated carbocycles. The van der Waals surface area contributed by atoms with Crippen molar-refractivity contribution in [3.63, 3.8) is 0 Å². The number of nitrogens with two attached hydrogens (primary N) is 1. The lowest BCUT2D eigenvalue weighted by Gasteiger charge is -2.38. The minimum Gasteiger partial charge on any atom is -0.319 e. The third-order valence-electron chi connectivity index (χ3n) is 6.55. The van der Waals surface area contributed by atoms with Gasteiger partial charge in [-0.1, -0.05) is 6.92 Å². The molecule has 0 aromatic carbocycles. The number of hydrogen-bond acceptors (Lipinski definition) is 6. The van der Waals surface area contributed by atoms with Gasteiger partial charge in [-0.3, -0.25) is 4.40 Å². The molecule has 0 amide bonds. The summed E-state index contributed by atoms with van der Waals surface area (Å²) in [4.78, 5) is 15.9. The summed E-state index contributed by atoms with van der Waals surface area (Å²) in [5.41, 5.74) is 10.5. The molecule has 1 aliphatic carbocycles. The van der Waals surface area contributed by atoms with Crippen LogP contribution in [-0.4, -0.2) is 54.0 Å². The Bertz CT molecular complexity index is 1200. The Morgan fingerprint density at radius 2 is 1.90 bits per heavy atom. The average molecular weight is 405 g/mol. The van der Waals surface area contributed by atoms with Gasteiger partial charge in [0.15, 0.2) is 5.82 Å². The van der Waals surface area contributed by atoms with Crippen molar-refractivity contribution < 1.29 is 0 Å². The van der Waals surface area contributed by atoms with E-state index in [-0.39, 0.29) is 0 Å². The predicted octanol–water partition coefficient (Wildman–Crippen LogP) is 2.66. The first kappa shape index (κ1) is 19.1. The summed E-state index contributed by atoms with van der Waals surface area (Å²) in [6, 6.07) is 2.65. The van der Waals surface area contributed by atoms with Gasteiger partial charge in [0, 0.05) is 41.5 Å². The van der Waals surface area contributed by atoms with E-state index in [0.717, 1.165) is 66.0 Å². The lowest BCUT2D eigenvalue weighted by Crippen LogP contribution is -2.46. The Balaban J connectivity index is 1.49. The van der Waals surface area contributed by atoms with Crippen LogP contribution in [0, 0.1) is 0 Å². The zero-order valence-electron chi connectivity index (χ0n) is 17.8. The summed E-state index contributed by atoms with van der Waals surface area (Å²) in [7, 11) is 4.27. The Hall–Kier alpha value is -2.84. The van der Waals surface area contributed by atoms with Crippen LogP contribution in [0.25, 0.3) is 22.4 Å². The molecule has 0 bridgehead atoms. The van der Waals surface area contributed by atoms with E-state index in [1.807, 2.05) is 33.7 Å². The van der Waals surface area contributed by atoms with Crippen molar-refractivity contribution >= 4 is 11.3 Å². The van der Waals surface area contributed by atoms with E-state index in [2.05, 4.69) is 48.2 Å². The van der Waals surface area contributed by atoms with E-state index < -0.39 is 5.54 Å². The first-order valence-electron chi connectivity index (χ1n) is 10.6. The number of imidazole rings is 1. The van der Waals surface area contributed by atoms with Crippen molar-refractivity contribution in [1.29, 1.82) is 0 Å². The molecule has 4 aromatic rings. The standard InChI is InChI=1S/C22H28N8/c1-4-16-12-26-21-25-11-15(14-29(16)21)18-7-10-30-19(18)13-24-20(27-30)22(23)8-5-17(6-9-22)28(2)3/h7,10-14,17H,4-6,8-9,23H2,1-3H3. The molecule has 0 radical (unpaired) electrons. The normalized spacial score (nSPS) is 22.4. The molecule has 0 aliphatic heterocycles. The minimum atomic E-state index is -0.460. The van der Waals surface area contributed by atoms with Crippen molar-refractivity contribution in [1.82, 2.24) is 33.9 Å². The highest BCUT2D eigenvalue weighted by Gasteiger charge is 2.36. The van der Waals surface area contributed by atoms with Gasteiger partial charge in [0.05, 0.1) is 23.4 Å². The van der Waals surface area contributed by atoms with Crippen LogP contribution in [0.2, 0.25) is 0 Å². The number of aromatic nitrogens is 6. The lowest BCUT2D eigenvalue weighted by molar-refractivity contribution is 0.167. The number of fused-ring (bicyclic) bond motifs is 2. The molecule has 0 spiro atoms. The summed E-state index contributed by atoms with van der Waals surface area (Å²) >= 11 is 0. The van der Waals surface area contributed by atoms with Gasteiger partial charge in [-0.25, -0.2) is 19.5 Å². The highest BCUT2D eigenvalue weighted by Crippen LogP contribution is 2.35. The van der Waals surface area contributed by atoms with E-state index >= 15 is 0 Å². The van der Waals surface area contributed by atoms with Gasteiger partial charge in [0.2, 0.25) is 5.78 Å². The third kappa shape index (κ3) is 3.07. The maximum absolute atomic E-state index is 6.76. The molecule has 8 nitrogen and oxygen atoms in total. The molecule has 156 valence electrons. The van der Waals surface area contributed by atoms with Crippen molar-refractivity contribution in [2.75, 3.05) is 14.1 Å². The lowest BCUT2D eigenvalue weighted by atomic mass is 9.79. The molecule has 1 aliphatic rings. The number of rotatable bonds is 4. The molecule has 2 N–H and O–H groups in total. The Morgan fingerprint density at radius 1 is 1.13 bits per heavy atom. The van der Waals surface area contributed by atoms with Gasteiger partial charge in [0.25, 0.3) is 0 Å². The van der Waals surface area contributed by atoms with Crippen LogP contribution in [0.1, 0.15) is 44.1 Å². The van der Waals surface area contributed by atoms with E-state index in [4.69, 9.17) is 15.8 Å². The molecular weight excluding hydrogens is 376 g/mol. The SMILES string of the molecule is CCc1cnc2ncc(-c3ccn4nc(C5(N)CCC(N(C)C)CC5)ncc34)cn12. The van der Waals surface area contributed by atoms with Crippen LogP contribution in [-0.2, 0) is 12.0 Å². The minimum absolute atomic E-state index is 0.460. The highest BCUT2D eigenvalue weighted by molar-refractivity contribution is 5.79. The first-order valence-corrected chi connectivity index (χ1v) is 10.6. The van der Waals surface area contributed by atoms with Crippen LogP contribution in [0.4, 0.5) is 0 Å². The van der Waals surface area contributed by atoms with Crippen LogP contribution in [0.3, 0.4) is 0 Å². The zero-order valence-corrected chi connectivity index (χ0v) is 17.8. The highest BCUT2D eigenvalue weighted by atomic mass is 15.3. The topological polar surface area (TPSA) is 89.6 Å². The average Bonchev–Trinajstić information content (AvgIpc) is 3.36. The van der Waals surface area contributed by atoms with E-state index in [1.165, 1.54) is 0 Å². The third-order valence-corrected chi connectivity index (χ3v) is 6.55. The molecule has 8 heteroatoms. The second kappa shape index (κ2) is 7.14. The largest absolute Gasteiger partial charge is 0.319 e. The van der Waals surface area contributed by atoms with Gasteiger partial charge in [0.1, 0.15) is 0 Å². The van der Waals surface area contributed by atoms with E-state index in [1.54, 1.807) is 0 Å². The number of hydrogen-bond donors (Lipinski definition) is 1. The van der Waals surface area contributed by atoms with Gasteiger partial charge < -0.3 is 10.6 Å². The number of nitrogens with zero attached hydrogens (tertiary/aromatic N) is 7. The molecule has 4 aromatic heterocycles. The van der Waals surface area contributed by atoms with Gasteiger partial charge in [-0.05, 0) is 52.3 Å². The second-order valence-electron chi connectivity index (χ2n) is 8.61. The Morgan fingerprint density at radius 3 is 2.63 bits per heavy atom.